The third kappa shape index (κ3) is 3.62. The Kier molecular flexibility index (Phi) is 5.71. The van der Waals surface area contributed by atoms with Gasteiger partial charge < -0.3 is 10.6 Å². The quantitative estimate of drug-likeness (QED) is 0.827. The number of nitrogens with zero attached hydrogens (tertiary/aromatic N) is 2. The molecule has 0 aliphatic heterocycles. The second kappa shape index (κ2) is 6.97. The number of halogens is 2. The number of likely N-dealkylation sites (N-methyl/N-ethyl adjacent to an activating group) is 2. The molecular formula is C16H25BrClN3. The Hall–Kier alpha value is -0.130. The van der Waals surface area contributed by atoms with E-state index in [-0.39, 0.29) is 6.04 Å². The van der Waals surface area contributed by atoms with Gasteiger partial charge in [-0.15, -0.1) is 0 Å². The molecule has 0 saturated heterocycles. The van der Waals surface area contributed by atoms with Crippen LogP contribution >= 0.6 is 27.5 Å². The Labute approximate surface area is 141 Å². The molecule has 5 heteroatoms. The fourth-order valence-corrected chi connectivity index (χ4v) is 3.91. The van der Waals surface area contributed by atoms with Gasteiger partial charge in [-0.3, -0.25) is 4.90 Å². The first-order valence-corrected chi connectivity index (χ1v) is 8.59. The molecule has 21 heavy (non-hydrogen) atoms. The van der Waals surface area contributed by atoms with Gasteiger partial charge in [0.1, 0.15) is 0 Å². The van der Waals surface area contributed by atoms with Gasteiger partial charge in [0, 0.05) is 34.2 Å². The lowest BCUT2D eigenvalue weighted by Crippen LogP contribution is -2.57. The van der Waals surface area contributed by atoms with Gasteiger partial charge in [-0.1, -0.05) is 27.5 Å². The largest absolute Gasteiger partial charge is 0.329 e. The van der Waals surface area contributed by atoms with Crippen LogP contribution < -0.4 is 5.73 Å². The summed E-state index contributed by atoms with van der Waals surface area (Å²) < 4.78 is 1.07. The molecule has 0 spiro atoms. The Bertz CT molecular complexity index is 488. The van der Waals surface area contributed by atoms with E-state index in [1.165, 1.54) is 24.8 Å². The van der Waals surface area contributed by atoms with Gasteiger partial charge in [0.05, 0.1) is 0 Å². The maximum atomic E-state index is 6.16. The van der Waals surface area contributed by atoms with E-state index in [1.54, 1.807) is 0 Å². The van der Waals surface area contributed by atoms with E-state index in [0.717, 1.165) is 16.0 Å². The highest BCUT2D eigenvalue weighted by Crippen LogP contribution is 2.38. The van der Waals surface area contributed by atoms with E-state index < -0.39 is 0 Å². The molecular weight excluding hydrogens is 350 g/mol. The van der Waals surface area contributed by atoms with Crippen LogP contribution in [0.5, 0.6) is 0 Å². The van der Waals surface area contributed by atoms with Crippen LogP contribution in [0.25, 0.3) is 0 Å². The van der Waals surface area contributed by atoms with Crippen molar-refractivity contribution < 1.29 is 0 Å². The number of benzene rings is 1. The lowest BCUT2D eigenvalue weighted by molar-refractivity contribution is 0.0167. The van der Waals surface area contributed by atoms with E-state index in [4.69, 9.17) is 17.3 Å². The van der Waals surface area contributed by atoms with E-state index >= 15 is 0 Å². The first-order chi connectivity index (χ1) is 9.89. The summed E-state index contributed by atoms with van der Waals surface area (Å²) in [6.45, 7) is 1.61. The molecule has 0 heterocycles. The van der Waals surface area contributed by atoms with Crippen LogP contribution in [0.15, 0.2) is 22.7 Å². The molecule has 0 bridgehead atoms. The van der Waals surface area contributed by atoms with Crippen LogP contribution in [0.1, 0.15) is 30.9 Å². The second-order valence-electron chi connectivity index (χ2n) is 6.30. The van der Waals surface area contributed by atoms with Crippen molar-refractivity contribution in [1.29, 1.82) is 0 Å². The lowest BCUT2D eigenvalue weighted by atomic mass is 9.75. The minimum Gasteiger partial charge on any atom is -0.329 e. The zero-order valence-electron chi connectivity index (χ0n) is 13.1. The fraction of sp³-hybridized carbons (Fsp3) is 0.625. The summed E-state index contributed by atoms with van der Waals surface area (Å²) in [6.07, 6.45) is 3.84. The van der Waals surface area contributed by atoms with Gasteiger partial charge >= 0.3 is 0 Å². The Morgan fingerprint density at radius 2 is 2.00 bits per heavy atom. The number of nitrogens with two attached hydrogens (primary N) is 1. The highest BCUT2D eigenvalue weighted by molar-refractivity contribution is 9.10. The van der Waals surface area contributed by atoms with E-state index in [9.17, 15) is 0 Å². The molecule has 0 aromatic heterocycles. The van der Waals surface area contributed by atoms with Crippen LogP contribution in [-0.4, -0.2) is 49.6 Å². The molecule has 1 aliphatic rings. The van der Waals surface area contributed by atoms with Crippen molar-refractivity contribution in [1.82, 2.24) is 9.80 Å². The summed E-state index contributed by atoms with van der Waals surface area (Å²) in [5, 5.41) is 0.756. The van der Waals surface area contributed by atoms with Crippen molar-refractivity contribution >= 4 is 27.5 Å². The van der Waals surface area contributed by atoms with Gasteiger partial charge in [-0.05, 0) is 64.2 Å². The Morgan fingerprint density at radius 1 is 1.33 bits per heavy atom. The van der Waals surface area contributed by atoms with Crippen molar-refractivity contribution in [3.05, 3.63) is 33.3 Å². The van der Waals surface area contributed by atoms with Crippen molar-refractivity contribution in [3.63, 3.8) is 0 Å². The molecule has 1 aliphatic carbocycles. The highest BCUT2D eigenvalue weighted by Gasteiger charge is 2.40. The van der Waals surface area contributed by atoms with Crippen molar-refractivity contribution in [2.75, 3.05) is 34.2 Å². The minimum atomic E-state index is 0.176. The third-order valence-electron chi connectivity index (χ3n) is 4.85. The maximum absolute atomic E-state index is 6.16. The molecule has 2 N–H and O–H groups in total. The summed E-state index contributed by atoms with van der Waals surface area (Å²) in [7, 11) is 6.52. The monoisotopic (exact) mass is 373 g/mol. The van der Waals surface area contributed by atoms with Gasteiger partial charge in [-0.2, -0.15) is 0 Å². The first kappa shape index (κ1) is 17.2. The van der Waals surface area contributed by atoms with Crippen LogP contribution in [-0.2, 0) is 0 Å². The van der Waals surface area contributed by atoms with Crippen LogP contribution in [0, 0.1) is 0 Å². The average molecular weight is 375 g/mol. The predicted molar refractivity (Wildman–Crippen MR) is 93.8 cm³/mol. The fourth-order valence-electron chi connectivity index (χ4n) is 3.22. The van der Waals surface area contributed by atoms with Crippen LogP contribution in [0.2, 0.25) is 5.02 Å². The normalized spacial score (nSPS) is 18.9. The van der Waals surface area contributed by atoms with Crippen molar-refractivity contribution in [2.24, 2.45) is 5.73 Å². The van der Waals surface area contributed by atoms with Gasteiger partial charge in [0.15, 0.2) is 0 Å². The van der Waals surface area contributed by atoms with Crippen LogP contribution in [0.3, 0.4) is 0 Å². The second-order valence-corrected chi connectivity index (χ2v) is 7.60. The topological polar surface area (TPSA) is 32.5 Å². The summed E-state index contributed by atoms with van der Waals surface area (Å²) in [5.41, 5.74) is 7.53. The first-order valence-electron chi connectivity index (χ1n) is 7.42. The molecule has 1 fully saturated rings. The summed E-state index contributed by atoms with van der Waals surface area (Å²) in [5.74, 6) is 0. The number of rotatable bonds is 6. The van der Waals surface area contributed by atoms with Crippen molar-refractivity contribution in [3.8, 4) is 0 Å². The highest BCUT2D eigenvalue weighted by atomic mass is 79.9. The van der Waals surface area contributed by atoms with Gasteiger partial charge in [0.25, 0.3) is 0 Å². The minimum absolute atomic E-state index is 0.176. The van der Waals surface area contributed by atoms with Gasteiger partial charge in [-0.25, -0.2) is 0 Å². The zero-order chi connectivity index (χ0) is 15.6. The number of hydrogen-bond donors (Lipinski definition) is 1. The predicted octanol–water partition coefficient (Wildman–Crippen LogP) is 3.52. The van der Waals surface area contributed by atoms with Crippen LogP contribution in [0.4, 0.5) is 0 Å². The molecule has 1 saturated carbocycles. The zero-order valence-corrected chi connectivity index (χ0v) is 15.4. The SMILES string of the molecule is CN(CC1(N(C)C)CCC1)C(CN)c1cc(Cl)ccc1Br. The van der Waals surface area contributed by atoms with E-state index in [1.807, 2.05) is 18.2 Å². The molecule has 0 radical (unpaired) electrons. The lowest BCUT2D eigenvalue weighted by Gasteiger charge is -2.50. The van der Waals surface area contributed by atoms with Gasteiger partial charge in [0.2, 0.25) is 0 Å². The summed E-state index contributed by atoms with van der Waals surface area (Å²) in [4.78, 5) is 4.74. The van der Waals surface area contributed by atoms with E-state index in [2.05, 4.69) is 46.9 Å². The molecule has 2 rings (SSSR count). The summed E-state index contributed by atoms with van der Waals surface area (Å²) >= 11 is 9.78. The molecule has 1 atom stereocenters. The Balaban J connectivity index is 2.19. The third-order valence-corrected chi connectivity index (χ3v) is 5.81. The molecule has 1 unspecified atom stereocenters. The van der Waals surface area contributed by atoms with Crippen molar-refractivity contribution in [2.45, 2.75) is 30.8 Å². The number of hydrogen-bond acceptors (Lipinski definition) is 3. The smallest absolute Gasteiger partial charge is 0.0479 e. The molecule has 1 aromatic rings. The standard InChI is InChI=1S/C16H25BrClN3/c1-20(2)16(7-4-8-16)11-21(3)15(10-19)13-9-12(18)5-6-14(13)17/h5-6,9,15H,4,7-8,10-11,19H2,1-3H3. The van der Waals surface area contributed by atoms with E-state index in [0.29, 0.717) is 12.1 Å². The molecule has 3 nitrogen and oxygen atoms in total. The molecule has 118 valence electrons. The average Bonchev–Trinajstić information content (AvgIpc) is 2.38. The maximum Gasteiger partial charge on any atom is 0.0479 e. The molecule has 1 aromatic carbocycles. The molecule has 0 amide bonds. The summed E-state index contributed by atoms with van der Waals surface area (Å²) in [6, 6.07) is 6.09. The Morgan fingerprint density at radius 3 is 2.48 bits per heavy atom.